The van der Waals surface area contributed by atoms with E-state index < -0.39 is 9.05 Å². The van der Waals surface area contributed by atoms with Crippen LogP contribution in [0.4, 0.5) is 0 Å². The van der Waals surface area contributed by atoms with Gasteiger partial charge in [-0.1, -0.05) is 35.9 Å². The molecule has 0 amide bonds. The quantitative estimate of drug-likeness (QED) is 0.793. The molecule has 0 spiro atoms. The van der Waals surface area contributed by atoms with Crippen molar-refractivity contribution < 1.29 is 13.2 Å². The van der Waals surface area contributed by atoms with Gasteiger partial charge in [0.05, 0.1) is 11.5 Å². The van der Waals surface area contributed by atoms with Crippen LogP contribution in [-0.2, 0) is 20.4 Å². The standard InChI is InChI=1S/C14H12Cl2O3S/c1-19-9-10-6-7-14(20(16,17)18)12(8-10)11-4-2-3-5-13(11)15/h2-8H,9H2,1H3. The number of hydrogen-bond acceptors (Lipinski definition) is 3. The van der Waals surface area contributed by atoms with Gasteiger partial charge in [-0.3, -0.25) is 0 Å². The van der Waals surface area contributed by atoms with E-state index in [0.717, 1.165) is 5.56 Å². The highest BCUT2D eigenvalue weighted by atomic mass is 35.7. The summed E-state index contributed by atoms with van der Waals surface area (Å²) in [6.07, 6.45) is 0. The molecule has 0 aromatic heterocycles. The molecule has 0 saturated heterocycles. The van der Waals surface area contributed by atoms with E-state index in [9.17, 15) is 8.42 Å². The fraction of sp³-hybridized carbons (Fsp3) is 0.143. The smallest absolute Gasteiger partial charge is 0.261 e. The molecule has 3 nitrogen and oxygen atoms in total. The predicted octanol–water partition coefficient (Wildman–Crippen LogP) is 4.08. The largest absolute Gasteiger partial charge is 0.380 e. The summed E-state index contributed by atoms with van der Waals surface area (Å²) in [4.78, 5) is 0.0344. The van der Waals surface area contributed by atoms with Gasteiger partial charge in [0.1, 0.15) is 0 Å². The van der Waals surface area contributed by atoms with Crippen LogP contribution >= 0.6 is 22.3 Å². The number of ether oxygens (including phenoxy) is 1. The van der Waals surface area contributed by atoms with Crippen LogP contribution in [0.25, 0.3) is 11.1 Å². The molecule has 2 aromatic rings. The molecule has 2 rings (SSSR count). The van der Waals surface area contributed by atoms with Crippen LogP contribution < -0.4 is 0 Å². The minimum Gasteiger partial charge on any atom is -0.380 e. The molecule has 0 fully saturated rings. The lowest BCUT2D eigenvalue weighted by Gasteiger charge is -2.11. The second kappa shape index (κ2) is 6.14. The number of benzene rings is 2. The molecule has 0 N–H and O–H groups in total. The van der Waals surface area contributed by atoms with Crippen molar-refractivity contribution in [2.75, 3.05) is 7.11 Å². The van der Waals surface area contributed by atoms with Gasteiger partial charge in [-0.2, -0.15) is 0 Å². The summed E-state index contributed by atoms with van der Waals surface area (Å²) in [5, 5.41) is 0.462. The van der Waals surface area contributed by atoms with Crippen LogP contribution in [-0.4, -0.2) is 15.5 Å². The lowest BCUT2D eigenvalue weighted by molar-refractivity contribution is 0.185. The maximum Gasteiger partial charge on any atom is 0.261 e. The molecule has 0 atom stereocenters. The second-order valence-corrected chi connectivity index (χ2v) is 7.12. The van der Waals surface area contributed by atoms with Crippen molar-refractivity contribution in [1.29, 1.82) is 0 Å². The highest BCUT2D eigenvalue weighted by Crippen LogP contribution is 2.34. The molecular formula is C14H12Cl2O3S. The lowest BCUT2D eigenvalue weighted by Crippen LogP contribution is -1.98. The van der Waals surface area contributed by atoms with Gasteiger partial charge >= 0.3 is 0 Å². The Labute approximate surface area is 127 Å². The molecule has 0 aliphatic heterocycles. The molecule has 0 aliphatic carbocycles. The summed E-state index contributed by atoms with van der Waals surface area (Å²) in [5.41, 5.74) is 1.93. The van der Waals surface area contributed by atoms with E-state index in [1.807, 2.05) is 0 Å². The zero-order valence-electron chi connectivity index (χ0n) is 10.6. The normalized spacial score (nSPS) is 11.6. The molecule has 0 saturated carbocycles. The van der Waals surface area contributed by atoms with Gasteiger partial charge in [-0.25, -0.2) is 8.42 Å². The van der Waals surface area contributed by atoms with E-state index in [-0.39, 0.29) is 4.90 Å². The van der Waals surface area contributed by atoms with Crippen LogP contribution in [0, 0.1) is 0 Å². The Morgan fingerprint density at radius 3 is 2.40 bits per heavy atom. The fourth-order valence-corrected chi connectivity index (χ4v) is 3.24. The molecule has 0 bridgehead atoms. The SMILES string of the molecule is COCc1ccc(S(=O)(=O)Cl)c(-c2ccccc2Cl)c1. The molecular weight excluding hydrogens is 319 g/mol. The topological polar surface area (TPSA) is 43.4 Å². The Morgan fingerprint density at radius 2 is 1.80 bits per heavy atom. The van der Waals surface area contributed by atoms with E-state index >= 15 is 0 Å². The highest BCUT2D eigenvalue weighted by molar-refractivity contribution is 8.13. The molecule has 0 aliphatic rings. The summed E-state index contributed by atoms with van der Waals surface area (Å²) in [6.45, 7) is 0.375. The molecule has 2 aromatic carbocycles. The maximum atomic E-state index is 11.7. The Kier molecular flexibility index (Phi) is 4.70. The molecule has 6 heteroatoms. The van der Waals surface area contributed by atoms with Crippen LogP contribution in [0.15, 0.2) is 47.4 Å². The van der Waals surface area contributed by atoms with E-state index in [2.05, 4.69) is 0 Å². The van der Waals surface area contributed by atoms with Crippen LogP contribution in [0.3, 0.4) is 0 Å². The Morgan fingerprint density at radius 1 is 1.10 bits per heavy atom. The van der Waals surface area contributed by atoms with Crippen LogP contribution in [0.5, 0.6) is 0 Å². The first-order valence-electron chi connectivity index (χ1n) is 5.75. The third kappa shape index (κ3) is 3.33. The van der Waals surface area contributed by atoms with Gasteiger partial charge in [-0.15, -0.1) is 0 Å². The Balaban J connectivity index is 2.71. The van der Waals surface area contributed by atoms with Gasteiger partial charge in [0.15, 0.2) is 0 Å². The second-order valence-electron chi connectivity index (χ2n) is 4.18. The summed E-state index contributed by atoms with van der Waals surface area (Å²) in [6, 6.07) is 11.9. The molecule has 0 unspecified atom stereocenters. The van der Waals surface area contributed by atoms with Crippen molar-refractivity contribution in [1.82, 2.24) is 0 Å². The Bertz CT molecular complexity index is 727. The van der Waals surface area contributed by atoms with E-state index in [1.165, 1.54) is 6.07 Å². The molecule has 106 valence electrons. The van der Waals surface area contributed by atoms with Crippen molar-refractivity contribution in [2.24, 2.45) is 0 Å². The first-order valence-corrected chi connectivity index (χ1v) is 8.43. The van der Waals surface area contributed by atoms with Crippen molar-refractivity contribution in [3.63, 3.8) is 0 Å². The third-order valence-corrected chi connectivity index (χ3v) is 4.49. The fourth-order valence-electron chi connectivity index (χ4n) is 1.94. The summed E-state index contributed by atoms with van der Waals surface area (Å²) in [7, 11) is 3.21. The van der Waals surface area contributed by atoms with Crippen LogP contribution in [0.1, 0.15) is 5.56 Å². The van der Waals surface area contributed by atoms with Crippen LogP contribution in [0.2, 0.25) is 5.02 Å². The molecule has 20 heavy (non-hydrogen) atoms. The summed E-state index contributed by atoms with van der Waals surface area (Å²) < 4.78 is 28.5. The van der Waals surface area contributed by atoms with Crippen molar-refractivity contribution in [2.45, 2.75) is 11.5 Å². The predicted molar refractivity (Wildman–Crippen MR) is 80.6 cm³/mol. The number of hydrogen-bond donors (Lipinski definition) is 0. The number of methoxy groups -OCH3 is 1. The van der Waals surface area contributed by atoms with E-state index in [1.54, 1.807) is 43.5 Å². The first-order chi connectivity index (χ1) is 9.43. The lowest BCUT2D eigenvalue weighted by atomic mass is 10.0. The van der Waals surface area contributed by atoms with Crippen molar-refractivity contribution >= 4 is 31.3 Å². The van der Waals surface area contributed by atoms with Crippen molar-refractivity contribution in [3.8, 4) is 11.1 Å². The zero-order valence-corrected chi connectivity index (χ0v) is 13.0. The van der Waals surface area contributed by atoms with E-state index in [0.29, 0.717) is 22.8 Å². The first kappa shape index (κ1) is 15.3. The Hall–Kier alpha value is -1.07. The van der Waals surface area contributed by atoms with Gasteiger partial charge in [0.2, 0.25) is 0 Å². The monoisotopic (exact) mass is 330 g/mol. The maximum absolute atomic E-state index is 11.7. The zero-order chi connectivity index (χ0) is 14.8. The van der Waals surface area contributed by atoms with Gasteiger partial charge in [0, 0.05) is 33.9 Å². The highest BCUT2D eigenvalue weighted by Gasteiger charge is 2.18. The molecule has 0 heterocycles. The summed E-state index contributed by atoms with van der Waals surface area (Å²) >= 11 is 6.14. The minimum atomic E-state index is -3.86. The van der Waals surface area contributed by atoms with Gasteiger partial charge in [-0.05, 0) is 23.8 Å². The van der Waals surface area contributed by atoms with E-state index in [4.69, 9.17) is 27.0 Å². The minimum absolute atomic E-state index is 0.0344. The average molecular weight is 331 g/mol. The number of halogens is 2. The molecule has 0 radical (unpaired) electrons. The third-order valence-electron chi connectivity index (χ3n) is 2.78. The van der Waals surface area contributed by atoms with Gasteiger partial charge in [0.25, 0.3) is 9.05 Å². The van der Waals surface area contributed by atoms with Gasteiger partial charge < -0.3 is 4.74 Å². The summed E-state index contributed by atoms with van der Waals surface area (Å²) in [5.74, 6) is 0. The van der Waals surface area contributed by atoms with Crippen molar-refractivity contribution in [3.05, 3.63) is 53.1 Å². The average Bonchev–Trinajstić information content (AvgIpc) is 2.38. The number of rotatable bonds is 4.